The number of para-hydroxylation sites is 2. The lowest BCUT2D eigenvalue weighted by molar-refractivity contribution is 0.145. The van der Waals surface area contributed by atoms with E-state index < -0.39 is 0 Å². The molecule has 37 heavy (non-hydrogen) atoms. The number of rotatable bonds is 8. The van der Waals surface area contributed by atoms with Crippen LogP contribution in [0.2, 0.25) is 0 Å². The van der Waals surface area contributed by atoms with Crippen LogP contribution in [-0.2, 0) is 0 Å². The van der Waals surface area contributed by atoms with E-state index in [1.54, 1.807) is 7.11 Å². The number of benzene rings is 2. The predicted octanol–water partition coefficient (Wildman–Crippen LogP) is 5.47. The number of aromatic nitrogens is 3. The molecule has 3 heterocycles. The Kier molecular flexibility index (Phi) is 7.29. The summed E-state index contributed by atoms with van der Waals surface area (Å²) in [6.45, 7) is 5.82. The topological polar surface area (TPSA) is 102 Å². The average Bonchev–Trinajstić information content (AvgIpc) is 3.38. The number of ether oxygens (including phenoxy) is 1. The van der Waals surface area contributed by atoms with Gasteiger partial charge in [-0.15, -0.1) is 0 Å². The van der Waals surface area contributed by atoms with Crippen LogP contribution in [0.5, 0.6) is 5.75 Å². The zero-order valence-corrected chi connectivity index (χ0v) is 22.2. The van der Waals surface area contributed by atoms with Crippen LogP contribution in [0.3, 0.4) is 0 Å². The van der Waals surface area contributed by atoms with E-state index in [0.29, 0.717) is 23.2 Å². The number of hydrogen-bond acceptors (Lipinski definition) is 9. The van der Waals surface area contributed by atoms with Crippen molar-refractivity contribution in [3.63, 3.8) is 0 Å². The fourth-order valence-electron chi connectivity index (χ4n) is 4.50. The van der Waals surface area contributed by atoms with Gasteiger partial charge in [-0.05, 0) is 57.0 Å². The van der Waals surface area contributed by atoms with E-state index in [1.807, 2.05) is 53.0 Å². The molecule has 0 radical (unpaired) electrons. The van der Waals surface area contributed by atoms with Crippen LogP contribution < -0.4 is 24.6 Å². The Labute approximate surface area is 222 Å². The number of hydrogen-bond donors (Lipinski definition) is 5. The Balaban J connectivity index is 1.44. The molecule has 194 valence electrons. The second-order valence-electron chi connectivity index (χ2n) is 9.44. The third-order valence-corrected chi connectivity index (χ3v) is 7.25. The van der Waals surface area contributed by atoms with Crippen molar-refractivity contribution in [2.45, 2.75) is 38.8 Å². The Morgan fingerprint density at radius 3 is 2.62 bits per heavy atom. The molecule has 0 amide bonds. The van der Waals surface area contributed by atoms with Gasteiger partial charge in [0.05, 0.1) is 35.7 Å². The molecule has 1 aliphatic rings. The normalized spacial score (nSPS) is 14.3. The van der Waals surface area contributed by atoms with Crippen LogP contribution in [-0.4, -0.2) is 52.4 Å². The van der Waals surface area contributed by atoms with E-state index in [9.17, 15) is 5.11 Å². The van der Waals surface area contributed by atoms with Crippen molar-refractivity contribution in [2.75, 3.05) is 40.0 Å². The number of aliphatic hydroxyl groups is 1. The number of thiol groups is 1. The van der Waals surface area contributed by atoms with Crippen LogP contribution in [0.25, 0.3) is 11.0 Å². The van der Waals surface area contributed by atoms with Crippen LogP contribution in [0.15, 0.2) is 54.7 Å². The van der Waals surface area contributed by atoms with E-state index >= 15 is 0 Å². The first kappa shape index (κ1) is 25.0. The standard InChI is InChI=1S/C27H33N7O2S/c1-17(2)34(37)23-7-5-4-6-21(23)29-26-20-10-13-28-25(20)31-27(32-26)30-22-9-8-18(16-24(22)36-3)33-14-11-19(35)12-15-33/h4-10,13,16-17,19,35,37H,11-12,14-15H2,1-3H3,(H3,28,29,30,31,32). The lowest BCUT2D eigenvalue weighted by atomic mass is 10.1. The van der Waals surface area contributed by atoms with E-state index in [0.717, 1.165) is 54.1 Å². The maximum absolute atomic E-state index is 9.84. The van der Waals surface area contributed by atoms with Gasteiger partial charge in [0.1, 0.15) is 17.2 Å². The Hall–Kier alpha value is -3.63. The minimum atomic E-state index is -0.213. The molecule has 4 aromatic rings. The van der Waals surface area contributed by atoms with E-state index in [4.69, 9.17) is 9.72 Å². The minimum Gasteiger partial charge on any atom is -0.494 e. The lowest BCUT2D eigenvalue weighted by Gasteiger charge is -2.31. The number of nitrogens with one attached hydrogen (secondary N) is 3. The monoisotopic (exact) mass is 519 g/mol. The van der Waals surface area contributed by atoms with Gasteiger partial charge in [-0.2, -0.15) is 9.97 Å². The number of anilines is 6. The molecule has 0 aliphatic carbocycles. The molecule has 1 saturated heterocycles. The van der Waals surface area contributed by atoms with E-state index in [1.165, 1.54) is 0 Å². The van der Waals surface area contributed by atoms with Gasteiger partial charge >= 0.3 is 0 Å². The molecular formula is C27H33N7O2S. The molecule has 10 heteroatoms. The van der Waals surface area contributed by atoms with Crippen molar-refractivity contribution >= 4 is 58.4 Å². The van der Waals surface area contributed by atoms with Crippen molar-refractivity contribution in [3.05, 3.63) is 54.7 Å². The van der Waals surface area contributed by atoms with Crippen LogP contribution in [0.4, 0.5) is 34.5 Å². The van der Waals surface area contributed by atoms with E-state index in [2.05, 4.69) is 58.2 Å². The van der Waals surface area contributed by atoms with Gasteiger partial charge in [0.2, 0.25) is 5.95 Å². The van der Waals surface area contributed by atoms with E-state index in [-0.39, 0.29) is 12.1 Å². The minimum absolute atomic E-state index is 0.213. The number of aromatic amines is 1. The summed E-state index contributed by atoms with van der Waals surface area (Å²) in [5.74, 6) is 1.81. The SMILES string of the molecule is COc1cc(N2CCC(O)CC2)ccc1Nc1nc(Nc2ccccc2N(S)C(C)C)c2cc[nH]c2n1. The second kappa shape index (κ2) is 10.8. The van der Waals surface area contributed by atoms with Gasteiger partial charge in [-0.25, -0.2) is 0 Å². The Morgan fingerprint density at radius 1 is 1.08 bits per heavy atom. The first-order chi connectivity index (χ1) is 17.9. The fourth-order valence-corrected chi connectivity index (χ4v) is 4.68. The Morgan fingerprint density at radius 2 is 1.86 bits per heavy atom. The van der Waals surface area contributed by atoms with Gasteiger partial charge in [-0.1, -0.05) is 24.9 Å². The largest absolute Gasteiger partial charge is 0.494 e. The highest BCUT2D eigenvalue weighted by atomic mass is 32.1. The van der Waals surface area contributed by atoms with Crippen molar-refractivity contribution < 1.29 is 9.84 Å². The summed E-state index contributed by atoms with van der Waals surface area (Å²) in [6, 6.07) is 16.2. The molecule has 5 rings (SSSR count). The maximum atomic E-state index is 9.84. The average molecular weight is 520 g/mol. The summed E-state index contributed by atoms with van der Waals surface area (Å²) in [5, 5.41) is 17.5. The number of nitrogens with zero attached hydrogens (tertiary/aromatic N) is 4. The van der Waals surface area contributed by atoms with Crippen molar-refractivity contribution in [3.8, 4) is 5.75 Å². The number of piperidine rings is 1. The summed E-state index contributed by atoms with van der Waals surface area (Å²) >= 11 is 4.68. The molecule has 1 aliphatic heterocycles. The van der Waals surface area contributed by atoms with Crippen molar-refractivity contribution in [1.29, 1.82) is 0 Å². The quantitative estimate of drug-likeness (QED) is 0.195. The fraction of sp³-hybridized carbons (Fsp3) is 0.333. The number of H-pyrrole nitrogens is 1. The summed E-state index contributed by atoms with van der Waals surface area (Å²) in [5.41, 5.74) is 4.40. The van der Waals surface area contributed by atoms with Crippen LogP contribution in [0.1, 0.15) is 26.7 Å². The molecule has 2 aromatic heterocycles. The lowest BCUT2D eigenvalue weighted by Crippen LogP contribution is -2.35. The molecule has 9 nitrogen and oxygen atoms in total. The zero-order chi connectivity index (χ0) is 25.9. The highest BCUT2D eigenvalue weighted by Gasteiger charge is 2.19. The number of methoxy groups -OCH3 is 1. The molecule has 0 unspecified atom stereocenters. The molecule has 2 aromatic carbocycles. The predicted molar refractivity (Wildman–Crippen MR) is 154 cm³/mol. The highest BCUT2D eigenvalue weighted by Crippen LogP contribution is 2.35. The van der Waals surface area contributed by atoms with Crippen LogP contribution in [0, 0.1) is 0 Å². The Bertz CT molecular complexity index is 1370. The summed E-state index contributed by atoms with van der Waals surface area (Å²) < 4.78 is 7.62. The van der Waals surface area contributed by atoms with Crippen molar-refractivity contribution in [2.24, 2.45) is 0 Å². The molecule has 0 saturated carbocycles. The summed E-state index contributed by atoms with van der Waals surface area (Å²) in [7, 11) is 1.65. The number of fused-ring (bicyclic) bond motifs is 1. The summed E-state index contributed by atoms with van der Waals surface area (Å²) in [4.78, 5) is 15.0. The highest BCUT2D eigenvalue weighted by molar-refractivity contribution is 7.81. The first-order valence-corrected chi connectivity index (χ1v) is 12.9. The van der Waals surface area contributed by atoms with Gasteiger partial charge in [0.15, 0.2) is 0 Å². The molecule has 1 fully saturated rings. The molecule has 0 spiro atoms. The molecule has 0 bridgehead atoms. The smallest absolute Gasteiger partial charge is 0.231 e. The third-order valence-electron chi connectivity index (χ3n) is 6.57. The first-order valence-electron chi connectivity index (χ1n) is 12.5. The third kappa shape index (κ3) is 5.40. The molecular weight excluding hydrogens is 486 g/mol. The molecule has 4 N–H and O–H groups in total. The zero-order valence-electron chi connectivity index (χ0n) is 21.3. The summed E-state index contributed by atoms with van der Waals surface area (Å²) in [6.07, 6.45) is 3.18. The maximum Gasteiger partial charge on any atom is 0.231 e. The van der Waals surface area contributed by atoms with Gasteiger partial charge in [-0.3, -0.25) is 0 Å². The van der Waals surface area contributed by atoms with Gasteiger partial charge in [0.25, 0.3) is 0 Å². The van der Waals surface area contributed by atoms with Crippen LogP contribution >= 0.6 is 12.8 Å². The second-order valence-corrected chi connectivity index (χ2v) is 9.87. The van der Waals surface area contributed by atoms with Gasteiger partial charge < -0.3 is 34.7 Å². The molecule has 0 atom stereocenters. The van der Waals surface area contributed by atoms with Gasteiger partial charge in [0, 0.05) is 37.1 Å². The number of aliphatic hydroxyl groups excluding tert-OH is 1. The van der Waals surface area contributed by atoms with Crippen molar-refractivity contribution in [1.82, 2.24) is 15.0 Å².